The number of hydrogen-bond acceptors (Lipinski definition) is 1. The Balaban J connectivity index is 2.94. The van der Waals surface area contributed by atoms with Gasteiger partial charge in [0, 0.05) is 5.39 Å². The van der Waals surface area contributed by atoms with Crippen molar-refractivity contribution < 1.29 is 4.42 Å². The van der Waals surface area contributed by atoms with Gasteiger partial charge < -0.3 is 4.42 Å². The summed E-state index contributed by atoms with van der Waals surface area (Å²) in [6, 6.07) is 11.8. The molecule has 0 amide bonds. The first-order valence-corrected chi connectivity index (χ1v) is 3.90. The van der Waals surface area contributed by atoms with Gasteiger partial charge in [-0.25, -0.2) is 0 Å². The summed E-state index contributed by atoms with van der Waals surface area (Å²) < 4.78 is 5.38. The van der Waals surface area contributed by atoms with Crippen molar-refractivity contribution in [3.05, 3.63) is 41.5 Å². The summed E-state index contributed by atoms with van der Waals surface area (Å²) in [4.78, 5) is 0. The molecule has 0 atom stereocenters. The number of fused-ring (bicyclic) bond motifs is 1. The molecule has 0 bridgehead atoms. The highest BCUT2D eigenvalue weighted by molar-refractivity contribution is 7.06. The molecular formula is C9H7OP. The SMILES string of the molecule is P=c1ccc2ccccc2o1. The first kappa shape index (κ1) is 6.63. The maximum Gasteiger partial charge on any atom is 0.145 e. The van der Waals surface area contributed by atoms with Crippen LogP contribution in [0, 0.1) is 5.14 Å². The fraction of sp³-hybridized carbons (Fsp3) is 0. The Morgan fingerprint density at radius 3 is 2.73 bits per heavy atom. The Morgan fingerprint density at radius 2 is 1.82 bits per heavy atom. The molecule has 0 saturated heterocycles. The number of hydrogen-bond donors (Lipinski definition) is 0. The number of rotatable bonds is 0. The van der Waals surface area contributed by atoms with Crippen LogP contribution in [0.4, 0.5) is 0 Å². The molecule has 0 fully saturated rings. The second-order valence-electron chi connectivity index (χ2n) is 2.34. The van der Waals surface area contributed by atoms with Gasteiger partial charge in [-0.05, 0) is 18.2 Å². The van der Waals surface area contributed by atoms with Crippen molar-refractivity contribution in [3.63, 3.8) is 0 Å². The van der Waals surface area contributed by atoms with E-state index in [4.69, 9.17) is 4.42 Å². The summed E-state index contributed by atoms with van der Waals surface area (Å²) in [5.41, 5.74) is 0.903. The number of benzene rings is 1. The average molecular weight is 162 g/mol. The molecule has 0 aliphatic rings. The third-order valence-electron chi connectivity index (χ3n) is 1.55. The fourth-order valence-corrected chi connectivity index (χ4v) is 1.22. The standard InChI is InChI=1S/C9H7OP/c11-9-6-5-7-3-1-2-4-8(7)10-9/h1-6,11H. The predicted octanol–water partition coefficient (Wildman–Crippen LogP) is 3.11. The topological polar surface area (TPSA) is 13.1 Å². The van der Waals surface area contributed by atoms with Gasteiger partial charge in [-0.1, -0.05) is 27.1 Å². The van der Waals surface area contributed by atoms with Crippen molar-refractivity contribution in [2.24, 2.45) is 0 Å². The minimum Gasteiger partial charge on any atom is -0.453 e. The molecule has 1 aromatic carbocycles. The van der Waals surface area contributed by atoms with Gasteiger partial charge in [-0.3, -0.25) is 0 Å². The smallest absolute Gasteiger partial charge is 0.145 e. The highest BCUT2D eigenvalue weighted by Gasteiger charge is 1.89. The highest BCUT2D eigenvalue weighted by atomic mass is 31.0. The third-order valence-corrected chi connectivity index (χ3v) is 1.82. The average Bonchev–Trinajstić information content (AvgIpc) is 2.04. The molecule has 2 rings (SSSR count). The molecule has 0 spiro atoms. The van der Waals surface area contributed by atoms with Crippen LogP contribution in [0.2, 0.25) is 0 Å². The van der Waals surface area contributed by atoms with Crippen LogP contribution in [0.3, 0.4) is 0 Å². The summed E-state index contributed by atoms with van der Waals surface area (Å²) in [7, 11) is 3.31. The van der Waals surface area contributed by atoms with Crippen molar-refractivity contribution in [3.8, 4) is 0 Å². The first-order chi connectivity index (χ1) is 5.36. The Kier molecular flexibility index (Phi) is 1.52. The highest BCUT2D eigenvalue weighted by Crippen LogP contribution is 2.13. The van der Waals surface area contributed by atoms with Crippen LogP contribution < -0.4 is 0 Å². The molecule has 54 valence electrons. The van der Waals surface area contributed by atoms with E-state index in [2.05, 4.69) is 8.86 Å². The van der Waals surface area contributed by atoms with E-state index in [0.717, 1.165) is 16.1 Å². The van der Waals surface area contributed by atoms with Gasteiger partial charge in [-0.2, -0.15) is 0 Å². The molecule has 0 saturated carbocycles. The molecular weight excluding hydrogens is 155 g/mol. The predicted molar refractivity (Wildman–Crippen MR) is 47.8 cm³/mol. The van der Waals surface area contributed by atoms with Crippen LogP contribution in [0.25, 0.3) is 11.0 Å². The summed E-state index contributed by atoms with van der Waals surface area (Å²) in [6.45, 7) is 0. The molecule has 0 aliphatic heterocycles. The zero-order valence-corrected chi connectivity index (χ0v) is 6.87. The van der Waals surface area contributed by atoms with Crippen molar-refractivity contribution in [2.75, 3.05) is 0 Å². The molecule has 1 aromatic heterocycles. The molecule has 0 N–H and O–H groups in total. The van der Waals surface area contributed by atoms with Crippen LogP contribution in [-0.2, 0) is 0 Å². The van der Waals surface area contributed by atoms with Gasteiger partial charge in [0.25, 0.3) is 0 Å². The molecule has 2 aromatic rings. The zero-order chi connectivity index (χ0) is 7.68. The van der Waals surface area contributed by atoms with E-state index in [1.54, 1.807) is 0 Å². The first-order valence-electron chi connectivity index (χ1n) is 3.40. The molecule has 2 heteroatoms. The molecule has 0 radical (unpaired) electrons. The number of para-hydroxylation sites is 1. The lowest BCUT2D eigenvalue weighted by Crippen LogP contribution is -1.69. The van der Waals surface area contributed by atoms with Gasteiger partial charge in [0.05, 0.1) is 0 Å². The molecule has 0 aliphatic carbocycles. The fourth-order valence-electron chi connectivity index (χ4n) is 1.03. The second-order valence-corrected chi connectivity index (χ2v) is 2.83. The quantitative estimate of drug-likeness (QED) is 0.542. The van der Waals surface area contributed by atoms with Crippen molar-refractivity contribution in [1.29, 1.82) is 0 Å². The van der Waals surface area contributed by atoms with Crippen molar-refractivity contribution in [1.82, 2.24) is 0 Å². The van der Waals surface area contributed by atoms with Crippen molar-refractivity contribution >= 4 is 19.8 Å². The molecule has 1 nitrogen and oxygen atoms in total. The van der Waals surface area contributed by atoms with Crippen molar-refractivity contribution in [2.45, 2.75) is 0 Å². The Labute approximate surface area is 66.5 Å². The molecule has 1 heterocycles. The lowest BCUT2D eigenvalue weighted by Gasteiger charge is -1.93. The van der Waals surface area contributed by atoms with Gasteiger partial charge in [0.1, 0.15) is 10.7 Å². The maximum atomic E-state index is 5.38. The Bertz CT molecular complexity index is 431. The van der Waals surface area contributed by atoms with Gasteiger partial charge in [-0.15, -0.1) is 0 Å². The van der Waals surface area contributed by atoms with E-state index in [9.17, 15) is 0 Å². The van der Waals surface area contributed by atoms with E-state index in [1.165, 1.54) is 0 Å². The van der Waals surface area contributed by atoms with E-state index in [0.29, 0.717) is 0 Å². The van der Waals surface area contributed by atoms with Crippen LogP contribution in [-0.4, -0.2) is 0 Å². The van der Waals surface area contributed by atoms with E-state index in [1.807, 2.05) is 36.4 Å². The summed E-state index contributed by atoms with van der Waals surface area (Å²) >= 11 is 0. The largest absolute Gasteiger partial charge is 0.453 e. The van der Waals surface area contributed by atoms with E-state index < -0.39 is 0 Å². The molecule has 11 heavy (non-hydrogen) atoms. The maximum absolute atomic E-state index is 5.38. The summed E-state index contributed by atoms with van der Waals surface area (Å²) in [5, 5.41) is 1.87. The van der Waals surface area contributed by atoms with Gasteiger partial charge in [0.2, 0.25) is 0 Å². The van der Waals surface area contributed by atoms with Gasteiger partial charge in [0.15, 0.2) is 0 Å². The minimum absolute atomic E-state index is 0.753. The zero-order valence-electron chi connectivity index (χ0n) is 5.87. The second kappa shape index (κ2) is 2.52. The van der Waals surface area contributed by atoms with Crippen LogP contribution in [0.1, 0.15) is 0 Å². The van der Waals surface area contributed by atoms with Gasteiger partial charge >= 0.3 is 0 Å². The minimum atomic E-state index is 0.753. The van der Waals surface area contributed by atoms with E-state index >= 15 is 0 Å². The monoisotopic (exact) mass is 162 g/mol. The summed E-state index contributed by atoms with van der Waals surface area (Å²) in [6.07, 6.45) is 0. The normalized spacial score (nSPS) is 10.2. The molecule has 0 unspecified atom stereocenters. The third kappa shape index (κ3) is 1.20. The van der Waals surface area contributed by atoms with E-state index in [-0.39, 0.29) is 0 Å². The lowest BCUT2D eigenvalue weighted by molar-refractivity contribution is 0.586. The van der Waals surface area contributed by atoms with Crippen LogP contribution in [0.15, 0.2) is 40.8 Å². The Hall–Kier alpha value is -1.07. The van der Waals surface area contributed by atoms with Crippen LogP contribution >= 0.6 is 8.86 Å². The Morgan fingerprint density at radius 1 is 1.00 bits per heavy atom. The van der Waals surface area contributed by atoms with Crippen LogP contribution in [0.5, 0.6) is 0 Å². The summed E-state index contributed by atoms with van der Waals surface area (Å²) in [5.74, 6) is 0. The lowest BCUT2D eigenvalue weighted by atomic mass is 10.2.